The summed E-state index contributed by atoms with van der Waals surface area (Å²) in [7, 11) is 0. The highest BCUT2D eigenvalue weighted by Gasteiger charge is 2.48. The van der Waals surface area contributed by atoms with Crippen LogP contribution in [0, 0.1) is 12.3 Å². The van der Waals surface area contributed by atoms with E-state index in [1.54, 1.807) is 0 Å². The Morgan fingerprint density at radius 1 is 1.50 bits per heavy atom. The molecule has 1 aromatic carbocycles. The number of amides is 1. The van der Waals surface area contributed by atoms with Crippen LogP contribution in [0.4, 0.5) is 5.69 Å². The van der Waals surface area contributed by atoms with Gasteiger partial charge in [0.25, 0.3) is 0 Å². The largest absolute Gasteiger partial charge is 0.325 e. The van der Waals surface area contributed by atoms with Crippen molar-refractivity contribution < 1.29 is 4.79 Å². The Kier molecular flexibility index (Phi) is 1.85. The highest BCUT2D eigenvalue weighted by molar-refractivity contribution is 6.07. The van der Waals surface area contributed by atoms with E-state index in [0.717, 1.165) is 24.9 Å². The van der Waals surface area contributed by atoms with Gasteiger partial charge in [-0.2, -0.15) is 0 Å². The molecule has 16 heavy (non-hydrogen) atoms. The van der Waals surface area contributed by atoms with Gasteiger partial charge < -0.3 is 5.32 Å². The lowest BCUT2D eigenvalue weighted by Crippen LogP contribution is -2.36. The van der Waals surface area contributed by atoms with E-state index < -0.39 is 5.41 Å². The van der Waals surface area contributed by atoms with Crippen molar-refractivity contribution in [2.75, 3.05) is 5.32 Å². The van der Waals surface area contributed by atoms with Crippen molar-refractivity contribution in [3.05, 3.63) is 29.3 Å². The summed E-state index contributed by atoms with van der Waals surface area (Å²) in [6, 6.07) is 6.09. The van der Waals surface area contributed by atoms with Crippen LogP contribution in [0.15, 0.2) is 18.2 Å². The summed E-state index contributed by atoms with van der Waals surface area (Å²) < 4.78 is 0. The predicted octanol–water partition coefficient (Wildman–Crippen LogP) is 2.24. The number of terminal acetylenes is 1. The van der Waals surface area contributed by atoms with Crippen molar-refractivity contribution in [2.24, 2.45) is 0 Å². The average molecular weight is 211 g/mol. The molecule has 0 fully saturated rings. The maximum Gasteiger partial charge on any atom is 0.236 e. The fourth-order valence-corrected chi connectivity index (χ4v) is 3.08. The van der Waals surface area contributed by atoms with E-state index in [1.165, 1.54) is 11.1 Å². The second-order valence-electron chi connectivity index (χ2n) is 4.61. The number of aryl methyl sites for hydroxylation is 1. The molecule has 0 saturated carbocycles. The molecule has 1 heterocycles. The van der Waals surface area contributed by atoms with Gasteiger partial charge in [-0.05, 0) is 36.5 Å². The number of hydrogen-bond acceptors (Lipinski definition) is 1. The SMILES string of the molecule is C#CC[C@]12CCCc3cccc(c31)NC2=O. The molecule has 0 saturated heterocycles. The molecule has 2 heteroatoms. The molecule has 0 unspecified atom stereocenters. The molecule has 0 radical (unpaired) electrons. The van der Waals surface area contributed by atoms with Gasteiger partial charge >= 0.3 is 0 Å². The number of benzene rings is 1. The van der Waals surface area contributed by atoms with Gasteiger partial charge in [0.05, 0.1) is 5.41 Å². The zero-order chi connectivity index (χ0) is 11.2. The normalized spacial score (nSPS) is 25.8. The summed E-state index contributed by atoms with van der Waals surface area (Å²) in [4.78, 5) is 12.2. The van der Waals surface area contributed by atoms with Gasteiger partial charge in [0.1, 0.15) is 0 Å². The van der Waals surface area contributed by atoms with Crippen LogP contribution >= 0.6 is 0 Å². The van der Waals surface area contributed by atoms with E-state index in [4.69, 9.17) is 6.42 Å². The first-order valence-corrected chi connectivity index (χ1v) is 5.65. The van der Waals surface area contributed by atoms with Crippen LogP contribution in [0.2, 0.25) is 0 Å². The van der Waals surface area contributed by atoms with Crippen LogP contribution in [-0.2, 0) is 16.6 Å². The van der Waals surface area contributed by atoms with E-state index in [9.17, 15) is 4.79 Å². The molecule has 1 atom stereocenters. The van der Waals surface area contributed by atoms with Crippen molar-refractivity contribution in [3.8, 4) is 12.3 Å². The lowest BCUT2D eigenvalue weighted by atomic mass is 9.69. The maximum absolute atomic E-state index is 12.2. The summed E-state index contributed by atoms with van der Waals surface area (Å²) >= 11 is 0. The quantitative estimate of drug-likeness (QED) is 0.709. The van der Waals surface area contributed by atoms with E-state index in [0.29, 0.717) is 6.42 Å². The van der Waals surface area contributed by atoms with Crippen LogP contribution in [0.1, 0.15) is 30.4 Å². The van der Waals surface area contributed by atoms with Crippen molar-refractivity contribution in [1.29, 1.82) is 0 Å². The molecule has 1 N–H and O–H groups in total. The molecule has 1 amide bonds. The third kappa shape index (κ3) is 1.01. The molecule has 0 bridgehead atoms. The standard InChI is InChI=1S/C14H13NO/c1-2-8-14-9-4-6-10-5-3-7-11(12(10)14)15-13(14)16/h1,3,5,7H,4,6,8-9H2,(H,15,16)/t14-/m0/s1. The van der Waals surface area contributed by atoms with Gasteiger partial charge in [-0.25, -0.2) is 0 Å². The third-order valence-electron chi connectivity index (χ3n) is 3.77. The minimum atomic E-state index is -0.432. The number of nitrogens with one attached hydrogen (secondary N) is 1. The molecular formula is C14H13NO. The number of rotatable bonds is 1. The van der Waals surface area contributed by atoms with Crippen molar-refractivity contribution in [2.45, 2.75) is 31.1 Å². The number of carbonyl (C=O) groups excluding carboxylic acids is 1. The predicted molar refractivity (Wildman–Crippen MR) is 63.1 cm³/mol. The van der Waals surface area contributed by atoms with Gasteiger partial charge in [-0.3, -0.25) is 4.79 Å². The van der Waals surface area contributed by atoms with Gasteiger partial charge in [0.15, 0.2) is 0 Å². The smallest absolute Gasteiger partial charge is 0.236 e. The highest BCUT2D eigenvalue weighted by Crippen LogP contribution is 2.48. The second-order valence-corrected chi connectivity index (χ2v) is 4.61. The van der Waals surface area contributed by atoms with Gasteiger partial charge in [0.2, 0.25) is 5.91 Å². The fourth-order valence-electron chi connectivity index (χ4n) is 3.08. The Bertz CT molecular complexity index is 512. The molecule has 3 rings (SSSR count). The minimum Gasteiger partial charge on any atom is -0.325 e. The summed E-state index contributed by atoms with van der Waals surface area (Å²) in [5.41, 5.74) is 3.00. The minimum absolute atomic E-state index is 0.0904. The average Bonchev–Trinajstić information content (AvgIpc) is 2.56. The first kappa shape index (κ1) is 9.47. The van der Waals surface area contributed by atoms with Crippen LogP contribution in [0.3, 0.4) is 0 Å². The molecule has 2 aliphatic rings. The Morgan fingerprint density at radius 3 is 3.19 bits per heavy atom. The van der Waals surface area contributed by atoms with Crippen LogP contribution in [-0.4, -0.2) is 5.91 Å². The van der Waals surface area contributed by atoms with Crippen LogP contribution < -0.4 is 5.32 Å². The molecule has 2 nitrogen and oxygen atoms in total. The second kappa shape index (κ2) is 3.12. The molecule has 1 aliphatic carbocycles. The Balaban J connectivity index is 2.26. The zero-order valence-corrected chi connectivity index (χ0v) is 9.05. The van der Waals surface area contributed by atoms with E-state index in [-0.39, 0.29) is 5.91 Å². The molecule has 0 spiro atoms. The fraction of sp³-hybridized carbons (Fsp3) is 0.357. The van der Waals surface area contributed by atoms with Crippen molar-refractivity contribution in [3.63, 3.8) is 0 Å². The van der Waals surface area contributed by atoms with E-state index in [2.05, 4.69) is 17.3 Å². The summed E-state index contributed by atoms with van der Waals surface area (Å²) in [6.45, 7) is 0. The lowest BCUT2D eigenvalue weighted by molar-refractivity contribution is -0.121. The summed E-state index contributed by atoms with van der Waals surface area (Å²) in [5, 5.41) is 2.97. The van der Waals surface area contributed by atoms with Crippen molar-refractivity contribution >= 4 is 11.6 Å². The monoisotopic (exact) mass is 211 g/mol. The Labute approximate surface area is 95.0 Å². The Hall–Kier alpha value is -1.75. The topological polar surface area (TPSA) is 29.1 Å². The van der Waals surface area contributed by atoms with Gasteiger partial charge in [-0.1, -0.05) is 12.1 Å². The highest BCUT2D eigenvalue weighted by atomic mass is 16.2. The van der Waals surface area contributed by atoms with E-state index >= 15 is 0 Å². The summed E-state index contributed by atoms with van der Waals surface area (Å²) in [6.07, 6.45) is 8.94. The first-order valence-electron chi connectivity index (χ1n) is 5.65. The van der Waals surface area contributed by atoms with Gasteiger partial charge in [0, 0.05) is 12.1 Å². The molecule has 0 aromatic heterocycles. The molecular weight excluding hydrogens is 198 g/mol. The summed E-state index contributed by atoms with van der Waals surface area (Å²) in [5.74, 6) is 2.76. The van der Waals surface area contributed by atoms with Crippen molar-refractivity contribution in [1.82, 2.24) is 0 Å². The number of anilines is 1. The van der Waals surface area contributed by atoms with E-state index in [1.807, 2.05) is 12.1 Å². The third-order valence-corrected chi connectivity index (χ3v) is 3.77. The van der Waals surface area contributed by atoms with Crippen LogP contribution in [0.5, 0.6) is 0 Å². The molecule has 80 valence electrons. The van der Waals surface area contributed by atoms with Crippen LogP contribution in [0.25, 0.3) is 0 Å². The lowest BCUT2D eigenvalue weighted by Gasteiger charge is -2.31. The first-order chi connectivity index (χ1) is 7.78. The maximum atomic E-state index is 12.2. The molecule has 1 aromatic rings. The number of carbonyl (C=O) groups is 1. The van der Waals surface area contributed by atoms with Gasteiger partial charge in [-0.15, -0.1) is 12.3 Å². The molecule has 1 aliphatic heterocycles. The zero-order valence-electron chi connectivity index (χ0n) is 9.05. The number of hydrogen-bond donors (Lipinski definition) is 1. The Morgan fingerprint density at radius 2 is 2.38 bits per heavy atom.